The van der Waals surface area contributed by atoms with Gasteiger partial charge in [0.15, 0.2) is 0 Å². The summed E-state index contributed by atoms with van der Waals surface area (Å²) in [6.45, 7) is 6.95. The first-order valence-corrected chi connectivity index (χ1v) is 12.3. The first-order chi connectivity index (χ1) is 16.3. The summed E-state index contributed by atoms with van der Waals surface area (Å²) in [7, 11) is 0. The standard InChI is InChI=1S/C29H33N3O/c1-2-3-4-5-6-7-25-13-14-26-27-20-24(12-15-28(27)31-29(26)30-25)23-10-8-22(9-11-23)21-32-16-18-33-19-17-32/h6-15,20H,2-5,16-19,21H2,1H3,(H,30,31). The molecule has 0 aliphatic carbocycles. The zero-order chi connectivity index (χ0) is 22.5. The summed E-state index contributed by atoms with van der Waals surface area (Å²) in [6, 6.07) is 20.0. The number of rotatable bonds is 8. The van der Waals surface area contributed by atoms with Crippen LogP contribution in [0.2, 0.25) is 0 Å². The fraction of sp³-hybridized carbons (Fsp3) is 0.345. The zero-order valence-corrected chi connectivity index (χ0v) is 19.5. The van der Waals surface area contributed by atoms with Crippen molar-refractivity contribution >= 4 is 28.0 Å². The average Bonchev–Trinajstić information content (AvgIpc) is 3.22. The van der Waals surface area contributed by atoms with Crippen LogP contribution < -0.4 is 0 Å². The predicted molar refractivity (Wildman–Crippen MR) is 138 cm³/mol. The number of H-pyrrole nitrogens is 1. The van der Waals surface area contributed by atoms with Crippen LogP contribution in [-0.2, 0) is 11.3 Å². The summed E-state index contributed by atoms with van der Waals surface area (Å²) in [4.78, 5) is 10.8. The maximum atomic E-state index is 5.46. The average molecular weight is 440 g/mol. The number of pyridine rings is 1. The smallest absolute Gasteiger partial charge is 0.139 e. The van der Waals surface area contributed by atoms with Crippen LogP contribution in [0.4, 0.5) is 0 Å². The van der Waals surface area contributed by atoms with Crippen molar-refractivity contribution in [3.8, 4) is 11.1 Å². The van der Waals surface area contributed by atoms with Gasteiger partial charge in [-0.1, -0.05) is 56.2 Å². The minimum absolute atomic E-state index is 0.842. The van der Waals surface area contributed by atoms with E-state index in [1.807, 2.05) is 0 Å². The van der Waals surface area contributed by atoms with Gasteiger partial charge in [-0.25, -0.2) is 4.98 Å². The molecule has 2 aromatic heterocycles. The summed E-state index contributed by atoms with van der Waals surface area (Å²) < 4.78 is 5.46. The lowest BCUT2D eigenvalue weighted by Crippen LogP contribution is -2.35. The highest BCUT2D eigenvalue weighted by atomic mass is 16.5. The van der Waals surface area contributed by atoms with E-state index in [1.54, 1.807) is 0 Å². The third kappa shape index (κ3) is 5.18. The van der Waals surface area contributed by atoms with Crippen molar-refractivity contribution in [3.05, 3.63) is 71.9 Å². The maximum Gasteiger partial charge on any atom is 0.139 e. The zero-order valence-electron chi connectivity index (χ0n) is 19.5. The molecule has 170 valence electrons. The Balaban J connectivity index is 1.34. The van der Waals surface area contributed by atoms with Gasteiger partial charge in [0.2, 0.25) is 0 Å². The Morgan fingerprint density at radius 3 is 2.58 bits per heavy atom. The Hall–Kier alpha value is -2.95. The number of nitrogens with one attached hydrogen (secondary N) is 1. The number of unbranched alkanes of at least 4 members (excludes halogenated alkanes) is 3. The number of ether oxygens (including phenoxy) is 1. The van der Waals surface area contributed by atoms with Crippen LogP contribution in [0.3, 0.4) is 0 Å². The van der Waals surface area contributed by atoms with Gasteiger partial charge in [-0.2, -0.15) is 0 Å². The highest BCUT2D eigenvalue weighted by Gasteiger charge is 2.11. The number of allylic oxidation sites excluding steroid dienone is 1. The van der Waals surface area contributed by atoms with E-state index in [1.165, 1.54) is 46.7 Å². The van der Waals surface area contributed by atoms with Crippen LogP contribution in [0.25, 0.3) is 39.1 Å². The third-order valence-corrected chi connectivity index (χ3v) is 6.54. The quantitative estimate of drug-likeness (QED) is 0.307. The molecule has 1 fully saturated rings. The fourth-order valence-electron chi connectivity index (χ4n) is 4.60. The van der Waals surface area contributed by atoms with Gasteiger partial charge in [0, 0.05) is 35.9 Å². The van der Waals surface area contributed by atoms with Crippen molar-refractivity contribution in [2.45, 2.75) is 39.2 Å². The molecular formula is C29H33N3O. The summed E-state index contributed by atoms with van der Waals surface area (Å²) in [6.07, 6.45) is 9.30. The minimum Gasteiger partial charge on any atom is -0.379 e. The molecule has 4 heteroatoms. The van der Waals surface area contributed by atoms with Gasteiger partial charge in [-0.15, -0.1) is 0 Å². The molecule has 0 atom stereocenters. The highest BCUT2D eigenvalue weighted by Crippen LogP contribution is 2.30. The number of hydrogen-bond donors (Lipinski definition) is 1. The number of morpholine rings is 1. The van der Waals surface area contributed by atoms with Crippen molar-refractivity contribution in [2.75, 3.05) is 26.3 Å². The summed E-state index contributed by atoms with van der Waals surface area (Å²) in [5, 5.41) is 2.41. The molecule has 1 saturated heterocycles. The maximum absolute atomic E-state index is 5.46. The molecule has 0 unspecified atom stereocenters. The molecule has 4 aromatic rings. The lowest BCUT2D eigenvalue weighted by Gasteiger charge is -2.26. The van der Waals surface area contributed by atoms with Gasteiger partial charge < -0.3 is 9.72 Å². The van der Waals surface area contributed by atoms with Gasteiger partial charge in [0.05, 0.1) is 18.9 Å². The van der Waals surface area contributed by atoms with E-state index in [0.717, 1.165) is 56.1 Å². The molecule has 5 rings (SSSR count). The Labute approximate surface area is 196 Å². The highest BCUT2D eigenvalue weighted by molar-refractivity contribution is 6.07. The molecule has 0 spiro atoms. The largest absolute Gasteiger partial charge is 0.379 e. The molecule has 1 N–H and O–H groups in total. The van der Waals surface area contributed by atoms with Crippen molar-refractivity contribution in [3.63, 3.8) is 0 Å². The van der Waals surface area contributed by atoms with Crippen LogP contribution >= 0.6 is 0 Å². The topological polar surface area (TPSA) is 41.2 Å². The molecule has 2 aromatic carbocycles. The predicted octanol–water partition coefficient (Wildman–Crippen LogP) is 6.81. The second-order valence-electron chi connectivity index (χ2n) is 9.00. The molecule has 0 radical (unpaired) electrons. The van der Waals surface area contributed by atoms with E-state index >= 15 is 0 Å². The molecule has 0 bridgehead atoms. The molecule has 33 heavy (non-hydrogen) atoms. The first kappa shape index (κ1) is 21.9. The minimum atomic E-state index is 0.842. The molecule has 0 saturated carbocycles. The van der Waals surface area contributed by atoms with Crippen LogP contribution in [0, 0.1) is 0 Å². The second-order valence-corrected chi connectivity index (χ2v) is 9.00. The van der Waals surface area contributed by atoms with E-state index in [2.05, 4.69) is 83.6 Å². The van der Waals surface area contributed by atoms with Gasteiger partial charge in [0.25, 0.3) is 0 Å². The number of nitrogens with zero attached hydrogens (tertiary/aromatic N) is 2. The van der Waals surface area contributed by atoms with E-state index in [0.29, 0.717) is 0 Å². The third-order valence-electron chi connectivity index (χ3n) is 6.54. The normalized spacial score (nSPS) is 15.2. The summed E-state index contributed by atoms with van der Waals surface area (Å²) in [5.41, 5.74) is 6.95. The van der Waals surface area contributed by atoms with Crippen molar-refractivity contribution in [1.29, 1.82) is 0 Å². The molecule has 1 aliphatic rings. The van der Waals surface area contributed by atoms with Gasteiger partial charge in [-0.05, 0) is 59.9 Å². The molecule has 3 heterocycles. The van der Waals surface area contributed by atoms with E-state index in [-0.39, 0.29) is 0 Å². The fourth-order valence-corrected chi connectivity index (χ4v) is 4.60. The SMILES string of the molecule is CCCCCC=Cc1ccc2c(n1)[nH]c1ccc(-c3ccc(CN4CCOCC4)cc3)cc12. The van der Waals surface area contributed by atoms with Crippen LogP contribution in [0.5, 0.6) is 0 Å². The Morgan fingerprint density at radius 2 is 1.76 bits per heavy atom. The molecular weight excluding hydrogens is 406 g/mol. The van der Waals surface area contributed by atoms with Gasteiger partial charge in [-0.3, -0.25) is 4.90 Å². The Bertz CT molecular complexity index is 1230. The van der Waals surface area contributed by atoms with Crippen LogP contribution in [0.1, 0.15) is 43.9 Å². The lowest BCUT2D eigenvalue weighted by atomic mass is 10.0. The van der Waals surface area contributed by atoms with E-state index < -0.39 is 0 Å². The molecule has 0 amide bonds. The lowest BCUT2D eigenvalue weighted by molar-refractivity contribution is 0.0342. The van der Waals surface area contributed by atoms with E-state index in [9.17, 15) is 0 Å². The summed E-state index contributed by atoms with van der Waals surface area (Å²) >= 11 is 0. The van der Waals surface area contributed by atoms with Gasteiger partial charge in [0.1, 0.15) is 5.65 Å². The molecule has 4 nitrogen and oxygen atoms in total. The summed E-state index contributed by atoms with van der Waals surface area (Å²) in [5.74, 6) is 0. The van der Waals surface area contributed by atoms with Crippen LogP contribution in [0.15, 0.2) is 60.7 Å². The number of aromatic nitrogens is 2. The number of aromatic amines is 1. The monoisotopic (exact) mass is 439 g/mol. The van der Waals surface area contributed by atoms with Crippen LogP contribution in [-0.4, -0.2) is 41.2 Å². The van der Waals surface area contributed by atoms with Gasteiger partial charge >= 0.3 is 0 Å². The number of hydrogen-bond acceptors (Lipinski definition) is 3. The number of benzene rings is 2. The number of fused-ring (bicyclic) bond motifs is 3. The van der Waals surface area contributed by atoms with Crippen molar-refractivity contribution in [2.24, 2.45) is 0 Å². The molecule has 1 aliphatic heterocycles. The second kappa shape index (κ2) is 10.3. The Morgan fingerprint density at radius 1 is 0.939 bits per heavy atom. The van der Waals surface area contributed by atoms with E-state index in [4.69, 9.17) is 9.72 Å². The van der Waals surface area contributed by atoms with Crippen molar-refractivity contribution in [1.82, 2.24) is 14.9 Å². The first-order valence-electron chi connectivity index (χ1n) is 12.3. The van der Waals surface area contributed by atoms with Crippen molar-refractivity contribution < 1.29 is 4.74 Å². The Kier molecular flexibility index (Phi) is 6.84.